The van der Waals surface area contributed by atoms with E-state index in [1.807, 2.05) is 24.4 Å². The van der Waals surface area contributed by atoms with Crippen LogP contribution in [0.2, 0.25) is 0 Å². The Balaban J connectivity index is 1.70. The number of amides is 1. The van der Waals surface area contributed by atoms with Gasteiger partial charge >= 0.3 is 0 Å². The number of aromatic nitrogens is 1. The van der Waals surface area contributed by atoms with Crippen molar-refractivity contribution in [2.75, 3.05) is 38.7 Å². The van der Waals surface area contributed by atoms with Crippen molar-refractivity contribution in [3.63, 3.8) is 0 Å². The molecule has 1 unspecified atom stereocenters. The standard InChI is InChI=1S/C20H26FN3O3S2/c1-23(2)8-4-9-24(18-7-10-29(26,27)14-18)19(25)12-17-13-28-20(22-17)15-5-3-6-16(21)11-15/h3,5-6,11,13,18H,4,7-10,12,14H2,1-2H3. The molecule has 0 N–H and O–H groups in total. The molecule has 1 saturated heterocycles. The van der Waals surface area contributed by atoms with Crippen LogP contribution in [0.3, 0.4) is 0 Å². The minimum atomic E-state index is -3.08. The topological polar surface area (TPSA) is 70.6 Å². The van der Waals surface area contributed by atoms with Crippen LogP contribution in [0.15, 0.2) is 29.6 Å². The van der Waals surface area contributed by atoms with Gasteiger partial charge in [-0.2, -0.15) is 0 Å². The summed E-state index contributed by atoms with van der Waals surface area (Å²) in [6.45, 7) is 1.35. The van der Waals surface area contributed by atoms with E-state index >= 15 is 0 Å². The monoisotopic (exact) mass is 439 g/mol. The molecule has 2 aromatic rings. The second-order valence-corrected chi connectivity index (χ2v) is 10.7. The normalized spacial score (nSPS) is 18.3. The zero-order chi connectivity index (χ0) is 21.0. The molecule has 158 valence electrons. The number of nitrogens with zero attached hydrogens (tertiary/aromatic N) is 3. The van der Waals surface area contributed by atoms with E-state index in [1.165, 1.54) is 23.5 Å². The molecule has 1 amide bonds. The molecular formula is C20H26FN3O3S2. The van der Waals surface area contributed by atoms with E-state index in [4.69, 9.17) is 0 Å². The lowest BCUT2D eigenvalue weighted by Gasteiger charge is -2.28. The Bertz CT molecular complexity index is 959. The Morgan fingerprint density at radius 2 is 2.10 bits per heavy atom. The maximum atomic E-state index is 13.4. The first-order valence-corrected chi connectivity index (χ1v) is 12.3. The predicted molar refractivity (Wildman–Crippen MR) is 113 cm³/mol. The quantitative estimate of drug-likeness (QED) is 0.632. The zero-order valence-electron chi connectivity index (χ0n) is 16.7. The number of carbonyl (C=O) groups is 1. The van der Waals surface area contributed by atoms with Gasteiger partial charge < -0.3 is 9.80 Å². The van der Waals surface area contributed by atoms with Crippen LogP contribution in [-0.4, -0.2) is 73.8 Å². The average molecular weight is 440 g/mol. The van der Waals surface area contributed by atoms with E-state index in [9.17, 15) is 17.6 Å². The van der Waals surface area contributed by atoms with Crippen LogP contribution in [0.1, 0.15) is 18.5 Å². The maximum Gasteiger partial charge on any atom is 0.228 e. The van der Waals surface area contributed by atoms with Gasteiger partial charge in [-0.15, -0.1) is 11.3 Å². The van der Waals surface area contributed by atoms with Crippen LogP contribution in [0.4, 0.5) is 4.39 Å². The minimum absolute atomic E-state index is 0.0340. The summed E-state index contributed by atoms with van der Waals surface area (Å²) in [5.74, 6) is -0.270. The molecule has 1 aromatic heterocycles. The summed E-state index contributed by atoms with van der Waals surface area (Å²) in [4.78, 5) is 21.3. The maximum absolute atomic E-state index is 13.4. The molecule has 9 heteroatoms. The van der Waals surface area contributed by atoms with Gasteiger partial charge in [0.25, 0.3) is 0 Å². The summed E-state index contributed by atoms with van der Waals surface area (Å²) in [6.07, 6.45) is 1.38. The molecule has 3 rings (SSSR count). The lowest BCUT2D eigenvalue weighted by Crippen LogP contribution is -2.43. The number of rotatable bonds is 8. The summed E-state index contributed by atoms with van der Waals surface area (Å²) >= 11 is 1.37. The van der Waals surface area contributed by atoms with Gasteiger partial charge in [0.2, 0.25) is 5.91 Å². The highest BCUT2D eigenvalue weighted by Gasteiger charge is 2.34. The largest absolute Gasteiger partial charge is 0.338 e. The highest BCUT2D eigenvalue weighted by atomic mass is 32.2. The summed E-state index contributed by atoms with van der Waals surface area (Å²) in [5.41, 5.74) is 1.30. The lowest BCUT2D eigenvalue weighted by molar-refractivity contribution is -0.132. The first-order valence-electron chi connectivity index (χ1n) is 9.58. The molecule has 0 bridgehead atoms. The molecular weight excluding hydrogens is 413 g/mol. The SMILES string of the molecule is CN(C)CCCN(C(=O)Cc1csc(-c2cccc(F)c2)n1)C1CCS(=O)(=O)C1. The molecule has 6 nitrogen and oxygen atoms in total. The molecule has 0 radical (unpaired) electrons. The van der Waals surface area contributed by atoms with Crippen LogP contribution in [-0.2, 0) is 21.1 Å². The van der Waals surface area contributed by atoms with E-state index in [1.54, 1.807) is 17.0 Å². The van der Waals surface area contributed by atoms with Crippen molar-refractivity contribution < 1.29 is 17.6 Å². The van der Waals surface area contributed by atoms with Gasteiger partial charge in [0, 0.05) is 23.5 Å². The fourth-order valence-electron chi connectivity index (χ4n) is 3.49. The van der Waals surface area contributed by atoms with Gasteiger partial charge in [0.1, 0.15) is 10.8 Å². The van der Waals surface area contributed by atoms with Crippen LogP contribution >= 0.6 is 11.3 Å². The number of carbonyl (C=O) groups excluding carboxylic acids is 1. The van der Waals surface area contributed by atoms with Gasteiger partial charge in [0.05, 0.1) is 23.6 Å². The Kier molecular flexibility index (Phi) is 7.02. The van der Waals surface area contributed by atoms with Gasteiger partial charge in [0.15, 0.2) is 9.84 Å². The van der Waals surface area contributed by atoms with Crippen LogP contribution in [0.25, 0.3) is 10.6 Å². The minimum Gasteiger partial charge on any atom is -0.338 e. The average Bonchev–Trinajstić information content (AvgIpc) is 3.24. The highest BCUT2D eigenvalue weighted by Crippen LogP contribution is 2.25. The summed E-state index contributed by atoms with van der Waals surface area (Å²) in [6, 6.07) is 5.94. The molecule has 1 aromatic carbocycles. The fourth-order valence-corrected chi connectivity index (χ4v) is 6.04. The number of halogens is 1. The molecule has 0 saturated carbocycles. The van der Waals surface area contributed by atoms with Crippen molar-refractivity contribution in [3.05, 3.63) is 41.2 Å². The Hall–Kier alpha value is -1.84. The smallest absolute Gasteiger partial charge is 0.228 e. The van der Waals surface area contributed by atoms with Crippen molar-refractivity contribution >= 4 is 27.1 Å². The summed E-state index contributed by atoms with van der Waals surface area (Å²) in [7, 11) is 0.858. The van der Waals surface area contributed by atoms with Crippen molar-refractivity contribution in [3.8, 4) is 10.6 Å². The number of hydrogen-bond donors (Lipinski definition) is 0. The van der Waals surface area contributed by atoms with Crippen molar-refractivity contribution in [1.82, 2.24) is 14.8 Å². The van der Waals surface area contributed by atoms with Gasteiger partial charge in [-0.05, 0) is 45.6 Å². The van der Waals surface area contributed by atoms with Gasteiger partial charge in [-0.3, -0.25) is 4.79 Å². The van der Waals surface area contributed by atoms with Crippen LogP contribution < -0.4 is 0 Å². The molecule has 1 fully saturated rings. The second kappa shape index (κ2) is 9.32. The van der Waals surface area contributed by atoms with Crippen molar-refractivity contribution in [1.29, 1.82) is 0 Å². The second-order valence-electron chi connectivity index (χ2n) is 7.63. The van der Waals surface area contributed by atoms with Crippen LogP contribution in [0, 0.1) is 5.82 Å². The van der Waals surface area contributed by atoms with E-state index in [2.05, 4.69) is 4.98 Å². The third kappa shape index (κ3) is 6.07. The molecule has 1 aliphatic rings. The van der Waals surface area contributed by atoms with Crippen LogP contribution in [0.5, 0.6) is 0 Å². The molecule has 1 atom stereocenters. The Morgan fingerprint density at radius 1 is 1.31 bits per heavy atom. The van der Waals surface area contributed by atoms with Crippen molar-refractivity contribution in [2.24, 2.45) is 0 Å². The van der Waals surface area contributed by atoms with E-state index in [-0.39, 0.29) is 35.7 Å². The molecule has 1 aliphatic heterocycles. The Morgan fingerprint density at radius 3 is 2.76 bits per heavy atom. The molecule has 0 aliphatic carbocycles. The Labute approximate surface area is 175 Å². The number of benzene rings is 1. The molecule has 29 heavy (non-hydrogen) atoms. The molecule has 2 heterocycles. The van der Waals surface area contributed by atoms with Gasteiger partial charge in [-0.25, -0.2) is 17.8 Å². The highest BCUT2D eigenvalue weighted by molar-refractivity contribution is 7.91. The van der Waals surface area contributed by atoms with Crippen molar-refractivity contribution in [2.45, 2.75) is 25.3 Å². The summed E-state index contributed by atoms with van der Waals surface area (Å²) < 4.78 is 37.3. The third-order valence-corrected chi connectivity index (χ3v) is 7.62. The number of sulfone groups is 1. The lowest BCUT2D eigenvalue weighted by atomic mass is 10.1. The number of thiazole rings is 1. The van der Waals surface area contributed by atoms with E-state index in [0.29, 0.717) is 29.2 Å². The van der Waals surface area contributed by atoms with E-state index in [0.717, 1.165) is 13.0 Å². The first kappa shape index (κ1) is 21.9. The summed E-state index contributed by atoms with van der Waals surface area (Å²) in [5, 5.41) is 2.47. The predicted octanol–water partition coefficient (Wildman–Crippen LogP) is 2.46. The van der Waals surface area contributed by atoms with Gasteiger partial charge in [-0.1, -0.05) is 12.1 Å². The zero-order valence-corrected chi connectivity index (χ0v) is 18.3. The number of hydrogen-bond acceptors (Lipinski definition) is 6. The van der Waals surface area contributed by atoms with E-state index < -0.39 is 9.84 Å². The first-order chi connectivity index (χ1) is 13.7. The molecule has 0 spiro atoms. The fraction of sp³-hybridized carbons (Fsp3) is 0.500. The third-order valence-electron chi connectivity index (χ3n) is 4.93.